The van der Waals surface area contributed by atoms with Crippen molar-refractivity contribution in [1.82, 2.24) is 0 Å². The summed E-state index contributed by atoms with van der Waals surface area (Å²) >= 11 is 3.80. The van der Waals surface area contributed by atoms with Gasteiger partial charge in [-0.1, -0.05) is 68.1 Å². The number of fused-ring (bicyclic) bond motifs is 2. The molecule has 0 radical (unpaired) electrons. The molecule has 2 nitrogen and oxygen atoms in total. The second kappa shape index (κ2) is 10.8. The van der Waals surface area contributed by atoms with Crippen molar-refractivity contribution in [3.05, 3.63) is 70.2 Å². The zero-order valence-electron chi connectivity index (χ0n) is 17.9. The van der Waals surface area contributed by atoms with E-state index in [0.29, 0.717) is 0 Å². The van der Waals surface area contributed by atoms with E-state index >= 15 is 0 Å². The average Bonchev–Trinajstić information content (AvgIpc) is 3.26. The van der Waals surface area contributed by atoms with Gasteiger partial charge in [0.05, 0.1) is 10.7 Å². The smallest absolute Gasteiger partial charge is 0.263 e. The number of allylic oxidation sites excluding steroid dienone is 2. The van der Waals surface area contributed by atoms with Gasteiger partial charge >= 0.3 is 0 Å². The highest BCUT2D eigenvalue weighted by Gasteiger charge is 2.24. The average molecular weight is 549 g/mol. The molecule has 0 amide bonds. The van der Waals surface area contributed by atoms with E-state index in [1.165, 1.54) is 36.4 Å². The van der Waals surface area contributed by atoms with Gasteiger partial charge in [-0.05, 0) is 42.7 Å². The standard InChI is InChI=1S/C25H29N2S2.HI/c1-4-15-26-20-11-7-9-13-22(20)28-24(26)17-19(6-3)18-25-27(16-5-2)21-12-8-10-14-23(21)29-25;/h7-14,17-18H,4-6,15-16H2,1-3H3;1H/q+1;/p-1. The molecule has 0 saturated heterocycles. The van der Waals surface area contributed by atoms with Crippen molar-refractivity contribution in [3.63, 3.8) is 0 Å². The molecule has 1 aromatic heterocycles. The van der Waals surface area contributed by atoms with Crippen LogP contribution in [0.1, 0.15) is 45.0 Å². The number of para-hydroxylation sites is 2. The summed E-state index contributed by atoms with van der Waals surface area (Å²) in [5.41, 5.74) is 4.09. The number of thioether (sulfide) groups is 1. The lowest BCUT2D eigenvalue weighted by Gasteiger charge is -2.19. The van der Waals surface area contributed by atoms with Gasteiger partial charge < -0.3 is 28.9 Å². The van der Waals surface area contributed by atoms with E-state index in [0.717, 1.165) is 32.4 Å². The lowest BCUT2D eigenvalue weighted by atomic mass is 10.2. The summed E-state index contributed by atoms with van der Waals surface area (Å²) in [6.07, 6.45) is 8.12. The number of benzene rings is 2. The number of nitrogens with zero attached hydrogens (tertiary/aromatic N) is 2. The van der Waals surface area contributed by atoms with E-state index in [1.807, 2.05) is 23.1 Å². The summed E-state index contributed by atoms with van der Waals surface area (Å²) in [7, 11) is 0. The first kappa shape index (κ1) is 23.4. The highest BCUT2D eigenvalue weighted by atomic mass is 127. The Bertz CT molecular complexity index is 1070. The lowest BCUT2D eigenvalue weighted by Crippen LogP contribution is -3.00. The van der Waals surface area contributed by atoms with Gasteiger partial charge in [-0.3, -0.25) is 0 Å². The topological polar surface area (TPSA) is 7.12 Å². The van der Waals surface area contributed by atoms with Gasteiger partial charge in [-0.15, -0.1) is 0 Å². The maximum Gasteiger partial charge on any atom is 0.263 e. The number of anilines is 1. The SMILES string of the molecule is CCCN1C(=CC(=Cc2sc3ccccc3[n+]2CCC)CC)Sc2ccccc21.[I-]. The zero-order chi connectivity index (χ0) is 20.2. The molecule has 2 heterocycles. The molecular weight excluding hydrogens is 519 g/mol. The zero-order valence-corrected chi connectivity index (χ0v) is 21.7. The molecule has 0 atom stereocenters. The van der Waals surface area contributed by atoms with Crippen LogP contribution in [0, 0.1) is 0 Å². The van der Waals surface area contributed by atoms with Crippen LogP contribution in [-0.4, -0.2) is 6.54 Å². The lowest BCUT2D eigenvalue weighted by molar-refractivity contribution is -0.668. The molecule has 0 spiro atoms. The van der Waals surface area contributed by atoms with Crippen LogP contribution in [0.3, 0.4) is 0 Å². The number of rotatable bonds is 7. The van der Waals surface area contributed by atoms with Gasteiger partial charge in [0.2, 0.25) is 5.52 Å². The van der Waals surface area contributed by atoms with Gasteiger partial charge in [-0.25, -0.2) is 0 Å². The minimum Gasteiger partial charge on any atom is -1.00 e. The third-order valence-electron chi connectivity index (χ3n) is 5.19. The van der Waals surface area contributed by atoms with E-state index in [1.54, 1.807) is 0 Å². The quantitative estimate of drug-likeness (QED) is 0.322. The predicted octanol–water partition coefficient (Wildman–Crippen LogP) is 4.26. The highest BCUT2D eigenvalue weighted by molar-refractivity contribution is 8.03. The number of hydrogen-bond donors (Lipinski definition) is 0. The van der Waals surface area contributed by atoms with Gasteiger partial charge in [0.15, 0.2) is 0 Å². The third-order valence-corrected chi connectivity index (χ3v) is 7.42. The summed E-state index contributed by atoms with van der Waals surface area (Å²) in [6, 6.07) is 17.5. The second-order valence-electron chi connectivity index (χ2n) is 7.34. The molecule has 5 heteroatoms. The monoisotopic (exact) mass is 548 g/mol. The Kier molecular flexibility index (Phi) is 8.43. The Balaban J connectivity index is 0.00000256. The largest absolute Gasteiger partial charge is 1.00 e. The number of aryl methyl sites for hydroxylation is 1. The van der Waals surface area contributed by atoms with Crippen LogP contribution < -0.4 is 33.4 Å². The fraction of sp³-hybridized carbons (Fsp3) is 0.320. The van der Waals surface area contributed by atoms with Crippen LogP contribution in [-0.2, 0) is 6.54 Å². The maximum atomic E-state index is 2.48. The maximum absolute atomic E-state index is 2.48. The predicted molar refractivity (Wildman–Crippen MR) is 129 cm³/mol. The molecule has 0 unspecified atom stereocenters. The van der Waals surface area contributed by atoms with Crippen molar-refractivity contribution >= 4 is 45.1 Å². The Morgan fingerprint density at radius 2 is 1.77 bits per heavy atom. The summed E-state index contributed by atoms with van der Waals surface area (Å²) < 4.78 is 3.85. The fourth-order valence-electron chi connectivity index (χ4n) is 3.79. The molecule has 4 rings (SSSR count). The Morgan fingerprint density at radius 3 is 2.53 bits per heavy atom. The summed E-state index contributed by atoms with van der Waals surface area (Å²) in [5.74, 6) is 0. The molecule has 0 N–H and O–H groups in total. The van der Waals surface area contributed by atoms with E-state index in [4.69, 9.17) is 0 Å². The van der Waals surface area contributed by atoms with E-state index in [2.05, 4.69) is 90.9 Å². The molecule has 0 bridgehead atoms. The van der Waals surface area contributed by atoms with E-state index in [9.17, 15) is 0 Å². The number of aromatic nitrogens is 1. The van der Waals surface area contributed by atoms with Crippen molar-refractivity contribution in [2.45, 2.75) is 51.5 Å². The Morgan fingerprint density at radius 1 is 1.00 bits per heavy atom. The first-order valence-electron chi connectivity index (χ1n) is 10.6. The van der Waals surface area contributed by atoms with Crippen LogP contribution in [0.25, 0.3) is 16.3 Å². The van der Waals surface area contributed by atoms with Crippen molar-refractivity contribution in [2.24, 2.45) is 0 Å². The Labute approximate surface area is 205 Å². The molecule has 30 heavy (non-hydrogen) atoms. The van der Waals surface area contributed by atoms with Crippen molar-refractivity contribution < 1.29 is 28.5 Å². The van der Waals surface area contributed by atoms with Gasteiger partial charge in [0.25, 0.3) is 5.01 Å². The first-order valence-corrected chi connectivity index (χ1v) is 12.3. The van der Waals surface area contributed by atoms with Crippen molar-refractivity contribution in [2.75, 3.05) is 11.4 Å². The normalized spacial score (nSPS) is 15.0. The third kappa shape index (κ3) is 4.78. The van der Waals surface area contributed by atoms with Gasteiger partial charge in [0.1, 0.15) is 11.2 Å². The number of halogens is 1. The molecule has 3 aromatic rings. The number of hydrogen-bond acceptors (Lipinski definition) is 3. The van der Waals surface area contributed by atoms with Crippen molar-refractivity contribution in [3.8, 4) is 0 Å². The van der Waals surface area contributed by atoms with Crippen LogP contribution in [0.2, 0.25) is 0 Å². The summed E-state index contributed by atoms with van der Waals surface area (Å²) in [6.45, 7) is 8.89. The molecular formula is C25H29IN2S2. The van der Waals surface area contributed by atoms with Crippen LogP contribution in [0.15, 0.2) is 70.1 Å². The molecule has 2 aromatic carbocycles. The molecule has 0 fully saturated rings. The van der Waals surface area contributed by atoms with E-state index in [-0.39, 0.29) is 24.0 Å². The molecule has 0 aliphatic carbocycles. The molecule has 1 aliphatic heterocycles. The highest BCUT2D eigenvalue weighted by Crippen LogP contribution is 2.46. The minimum absolute atomic E-state index is 0. The fourth-order valence-corrected chi connectivity index (χ4v) is 6.12. The summed E-state index contributed by atoms with van der Waals surface area (Å²) in [5, 5.41) is 2.70. The molecule has 1 aliphatic rings. The first-order chi connectivity index (χ1) is 14.2. The van der Waals surface area contributed by atoms with Crippen molar-refractivity contribution in [1.29, 1.82) is 0 Å². The molecule has 158 valence electrons. The van der Waals surface area contributed by atoms with Crippen LogP contribution >= 0.6 is 23.1 Å². The number of thiazole rings is 1. The van der Waals surface area contributed by atoms with Crippen LogP contribution in [0.4, 0.5) is 5.69 Å². The Hall–Kier alpha value is -1.31. The minimum atomic E-state index is 0. The van der Waals surface area contributed by atoms with Gasteiger partial charge in [-0.2, -0.15) is 4.57 Å². The summed E-state index contributed by atoms with van der Waals surface area (Å²) in [4.78, 5) is 3.85. The van der Waals surface area contributed by atoms with E-state index < -0.39 is 0 Å². The molecule has 0 saturated carbocycles. The second-order valence-corrected chi connectivity index (χ2v) is 9.46. The van der Waals surface area contributed by atoms with Gasteiger partial charge in [0, 0.05) is 30.0 Å². The van der Waals surface area contributed by atoms with Crippen LogP contribution in [0.5, 0.6) is 0 Å².